The Hall–Kier alpha value is -0.710. The summed E-state index contributed by atoms with van der Waals surface area (Å²) in [6.07, 6.45) is 3.28. The van der Waals surface area contributed by atoms with E-state index in [4.69, 9.17) is 4.74 Å². The van der Waals surface area contributed by atoms with Crippen LogP contribution in [0.3, 0.4) is 0 Å². The Labute approximate surface area is 174 Å². The van der Waals surface area contributed by atoms with Crippen molar-refractivity contribution >= 4 is 11.0 Å². The van der Waals surface area contributed by atoms with Gasteiger partial charge in [0.05, 0.1) is 28.9 Å². The van der Waals surface area contributed by atoms with Crippen molar-refractivity contribution < 1.29 is 8.95 Å². The quantitative estimate of drug-likeness (QED) is 0.637. The Bertz CT molecular complexity index is 696. The van der Waals surface area contributed by atoms with Gasteiger partial charge in [-0.05, 0) is 41.6 Å². The first-order valence-electron chi connectivity index (χ1n) is 10.8. The van der Waals surface area contributed by atoms with Crippen LogP contribution in [0, 0.1) is 22.2 Å². The zero-order valence-corrected chi connectivity index (χ0v) is 19.6. The smallest absolute Gasteiger partial charge is 0.0982 e. The molecule has 4 heteroatoms. The summed E-state index contributed by atoms with van der Waals surface area (Å²) in [4.78, 5) is 0. The summed E-state index contributed by atoms with van der Waals surface area (Å²) in [5.41, 5.74) is 1.54. The largest absolute Gasteiger partial charge is 0.376 e. The summed E-state index contributed by atoms with van der Waals surface area (Å²) in [6, 6.07) is 10.5. The van der Waals surface area contributed by atoms with Gasteiger partial charge in [0.2, 0.25) is 0 Å². The van der Waals surface area contributed by atoms with E-state index in [9.17, 15) is 4.21 Å². The monoisotopic (exact) mass is 405 g/mol. The molecular weight excluding hydrogens is 366 g/mol. The summed E-state index contributed by atoms with van der Waals surface area (Å²) in [5, 5.41) is 0.0499. The second-order valence-electron chi connectivity index (χ2n) is 10.8. The van der Waals surface area contributed by atoms with E-state index in [0.29, 0.717) is 12.5 Å². The number of nitrogens with one attached hydrogen (secondary N) is 1. The summed E-state index contributed by atoms with van der Waals surface area (Å²) < 4.78 is 23.7. The van der Waals surface area contributed by atoms with Crippen LogP contribution in [0.1, 0.15) is 79.3 Å². The molecule has 0 aliphatic heterocycles. The number of fused-ring (bicyclic) bond motifs is 2. The molecule has 0 aromatic heterocycles. The van der Waals surface area contributed by atoms with Gasteiger partial charge >= 0.3 is 0 Å². The second-order valence-corrected chi connectivity index (χ2v) is 12.2. The van der Waals surface area contributed by atoms with E-state index in [-0.39, 0.29) is 33.6 Å². The zero-order valence-electron chi connectivity index (χ0n) is 18.7. The van der Waals surface area contributed by atoms with Crippen molar-refractivity contribution in [1.82, 2.24) is 4.72 Å². The molecule has 1 aromatic rings. The minimum Gasteiger partial charge on any atom is -0.376 e. The molecule has 0 amide bonds. The van der Waals surface area contributed by atoms with Crippen LogP contribution < -0.4 is 4.72 Å². The predicted octanol–water partition coefficient (Wildman–Crippen LogP) is 5.65. The van der Waals surface area contributed by atoms with Gasteiger partial charge in [0.1, 0.15) is 0 Å². The van der Waals surface area contributed by atoms with Gasteiger partial charge in [-0.15, -0.1) is 0 Å². The average molecular weight is 406 g/mol. The fraction of sp³-hybridized carbons (Fsp3) is 0.750. The fourth-order valence-electron chi connectivity index (χ4n) is 5.39. The Balaban J connectivity index is 1.84. The van der Waals surface area contributed by atoms with Crippen molar-refractivity contribution in [1.29, 1.82) is 0 Å². The van der Waals surface area contributed by atoms with E-state index >= 15 is 0 Å². The van der Waals surface area contributed by atoms with Gasteiger partial charge < -0.3 is 4.74 Å². The van der Waals surface area contributed by atoms with Crippen LogP contribution in [0.4, 0.5) is 0 Å². The van der Waals surface area contributed by atoms with Crippen LogP contribution in [-0.2, 0) is 15.7 Å². The second kappa shape index (κ2) is 7.85. The number of ether oxygens (including phenoxy) is 1. The van der Waals surface area contributed by atoms with E-state index in [1.54, 1.807) is 0 Å². The normalized spacial score (nSPS) is 33.8. The fourth-order valence-corrected chi connectivity index (χ4v) is 7.51. The topological polar surface area (TPSA) is 38.3 Å². The molecule has 1 aromatic carbocycles. The molecule has 3 rings (SSSR count). The molecule has 2 aliphatic rings. The molecule has 2 aliphatic carbocycles. The third kappa shape index (κ3) is 3.85. The van der Waals surface area contributed by atoms with Crippen molar-refractivity contribution in [2.45, 2.75) is 85.1 Å². The highest BCUT2D eigenvalue weighted by Crippen LogP contribution is 2.67. The van der Waals surface area contributed by atoms with Crippen LogP contribution in [0.15, 0.2) is 30.3 Å². The lowest BCUT2D eigenvalue weighted by molar-refractivity contribution is -0.0675. The summed E-state index contributed by atoms with van der Waals surface area (Å²) >= 11 is 0. The summed E-state index contributed by atoms with van der Waals surface area (Å²) in [5.74, 6) is 0.434. The molecule has 2 fully saturated rings. The molecule has 2 saturated carbocycles. The lowest BCUT2D eigenvalue weighted by Gasteiger charge is -2.41. The molecule has 0 spiro atoms. The first kappa shape index (κ1) is 22.0. The number of benzene rings is 1. The third-order valence-corrected chi connectivity index (χ3v) is 9.10. The predicted molar refractivity (Wildman–Crippen MR) is 118 cm³/mol. The highest BCUT2D eigenvalue weighted by molar-refractivity contribution is 7.83. The molecule has 3 nitrogen and oxygen atoms in total. The maximum atomic E-state index is 13.7. The van der Waals surface area contributed by atoms with Crippen molar-refractivity contribution in [2.24, 2.45) is 22.2 Å². The van der Waals surface area contributed by atoms with Crippen molar-refractivity contribution in [2.75, 3.05) is 6.61 Å². The molecule has 1 N–H and O–H groups in total. The van der Waals surface area contributed by atoms with Crippen LogP contribution in [0.2, 0.25) is 0 Å². The van der Waals surface area contributed by atoms with Crippen LogP contribution >= 0.6 is 0 Å². The molecule has 0 saturated heterocycles. The molecule has 158 valence electrons. The first-order valence-corrected chi connectivity index (χ1v) is 12.1. The van der Waals surface area contributed by atoms with Crippen molar-refractivity contribution in [3.05, 3.63) is 35.9 Å². The van der Waals surface area contributed by atoms with E-state index in [1.165, 1.54) is 12.0 Å². The minimum absolute atomic E-state index is 0.0436. The van der Waals surface area contributed by atoms with Gasteiger partial charge in [0, 0.05) is 11.5 Å². The zero-order chi connectivity index (χ0) is 20.7. The Morgan fingerprint density at radius 2 is 1.86 bits per heavy atom. The molecular formula is C24H39NO2S. The molecule has 6 atom stereocenters. The van der Waals surface area contributed by atoms with Crippen molar-refractivity contribution in [3.63, 3.8) is 0 Å². The summed E-state index contributed by atoms with van der Waals surface area (Å²) in [7, 11) is -1.13. The molecule has 0 radical (unpaired) electrons. The average Bonchev–Trinajstić information content (AvgIpc) is 2.96. The number of rotatable bonds is 7. The van der Waals surface area contributed by atoms with E-state index < -0.39 is 11.0 Å². The number of hydrogen-bond acceptors (Lipinski definition) is 2. The first-order chi connectivity index (χ1) is 13.0. The molecule has 0 unspecified atom stereocenters. The van der Waals surface area contributed by atoms with E-state index in [1.807, 2.05) is 6.07 Å². The Morgan fingerprint density at radius 3 is 2.43 bits per heavy atom. The Kier molecular flexibility index (Phi) is 6.16. The van der Waals surface area contributed by atoms with Gasteiger partial charge in [-0.1, -0.05) is 78.8 Å². The minimum atomic E-state index is -1.13. The molecule has 2 bridgehead atoms. The maximum Gasteiger partial charge on any atom is 0.0982 e. The van der Waals surface area contributed by atoms with Gasteiger partial charge in [-0.2, -0.15) is 0 Å². The van der Waals surface area contributed by atoms with E-state index in [0.717, 1.165) is 12.8 Å². The Morgan fingerprint density at radius 1 is 1.21 bits per heavy atom. The third-order valence-electron chi connectivity index (χ3n) is 7.51. The number of hydrogen-bond donors (Lipinski definition) is 1. The van der Waals surface area contributed by atoms with Gasteiger partial charge in [0.15, 0.2) is 0 Å². The van der Waals surface area contributed by atoms with E-state index in [2.05, 4.69) is 77.5 Å². The van der Waals surface area contributed by atoms with Gasteiger partial charge in [-0.3, -0.25) is 0 Å². The van der Waals surface area contributed by atoms with Crippen LogP contribution in [0.5, 0.6) is 0 Å². The van der Waals surface area contributed by atoms with Gasteiger partial charge in [-0.25, -0.2) is 8.93 Å². The van der Waals surface area contributed by atoms with Crippen LogP contribution in [0.25, 0.3) is 0 Å². The lowest BCUT2D eigenvalue weighted by Crippen LogP contribution is -2.47. The molecule has 0 heterocycles. The van der Waals surface area contributed by atoms with Gasteiger partial charge in [0.25, 0.3) is 0 Å². The lowest BCUT2D eigenvalue weighted by atomic mass is 9.70. The van der Waals surface area contributed by atoms with Crippen molar-refractivity contribution in [3.8, 4) is 0 Å². The highest BCUT2D eigenvalue weighted by Gasteiger charge is 2.68. The van der Waals surface area contributed by atoms with Crippen LogP contribution in [-0.4, -0.2) is 22.2 Å². The standard InChI is InChI=1S/C24H39NO2S/c1-8-19(17-12-10-9-11-13-17)25-28(26)20-18-14-15-24(7,23(18,5)6)21(20)27-16-22(2,3)4/h9-13,18-21,25H,8,14-16H2,1-7H3/t18-,19-,20-,21-,24+,28-/m1/s1. The highest BCUT2D eigenvalue weighted by atomic mass is 32.2. The summed E-state index contributed by atoms with van der Waals surface area (Å²) in [6.45, 7) is 16.6. The molecule has 28 heavy (non-hydrogen) atoms. The SMILES string of the molecule is CC[C@@H](N[S@](=O)[C@@H]1[C@H]2CC[C@@](C)([C@@H]1OCC(C)(C)C)C2(C)C)c1ccccc1. The maximum absolute atomic E-state index is 13.7.